The summed E-state index contributed by atoms with van der Waals surface area (Å²) in [5.74, 6) is -6.20. The fourth-order valence-electron chi connectivity index (χ4n) is 3.35. The largest absolute Gasteiger partial charge is 0.394 e. The van der Waals surface area contributed by atoms with Gasteiger partial charge in [0.05, 0.1) is 24.7 Å². The van der Waals surface area contributed by atoms with Crippen molar-refractivity contribution in [3.8, 4) is 0 Å². The van der Waals surface area contributed by atoms with Gasteiger partial charge < -0.3 is 10.2 Å². The summed E-state index contributed by atoms with van der Waals surface area (Å²) >= 11 is 0. The lowest BCUT2D eigenvalue weighted by atomic mass is 9.93. The summed E-state index contributed by atoms with van der Waals surface area (Å²) < 4.78 is 29.6. The smallest absolute Gasteiger partial charge is 0.338 e. The van der Waals surface area contributed by atoms with Gasteiger partial charge in [0.25, 0.3) is 17.4 Å². The van der Waals surface area contributed by atoms with Gasteiger partial charge in [-0.05, 0) is 25.1 Å². The number of allylic oxidation sites excluding steroid dienone is 2. The minimum absolute atomic E-state index is 0.00950. The fourth-order valence-corrected chi connectivity index (χ4v) is 3.35. The first-order valence-corrected chi connectivity index (χ1v) is 8.49. The van der Waals surface area contributed by atoms with Crippen LogP contribution in [0.1, 0.15) is 22.0 Å². The molecule has 1 aliphatic rings. The van der Waals surface area contributed by atoms with E-state index in [4.69, 9.17) is 5.11 Å². The normalized spacial score (nSPS) is 21.6. The van der Waals surface area contributed by atoms with Gasteiger partial charge in [-0.25, -0.2) is 13.6 Å². The number of aromatic nitrogens is 2. The van der Waals surface area contributed by atoms with E-state index in [9.17, 15) is 28.3 Å². The van der Waals surface area contributed by atoms with Crippen LogP contribution < -0.4 is 11.2 Å². The number of carbonyl (C=O) groups is 1. The molecule has 2 N–H and O–H groups in total. The summed E-state index contributed by atoms with van der Waals surface area (Å²) in [7, 11) is 0. The molecule has 7 nitrogen and oxygen atoms in total. The van der Waals surface area contributed by atoms with Crippen LogP contribution in [0.25, 0.3) is 0 Å². The molecule has 0 unspecified atom stereocenters. The molecule has 0 spiro atoms. The number of nitrogens with zero attached hydrogens (tertiary/aromatic N) is 2. The predicted octanol–water partition coefficient (Wildman–Crippen LogP) is 0.723. The van der Waals surface area contributed by atoms with E-state index >= 15 is 0 Å². The molecule has 2 aromatic rings. The molecule has 0 saturated carbocycles. The number of benzene rings is 1. The van der Waals surface area contributed by atoms with Crippen molar-refractivity contribution in [2.24, 2.45) is 5.92 Å². The van der Waals surface area contributed by atoms with Crippen molar-refractivity contribution in [1.82, 2.24) is 9.13 Å². The fraction of sp³-hybridized carbons (Fsp3) is 0.316. The third-order valence-corrected chi connectivity index (χ3v) is 4.76. The highest BCUT2D eigenvalue weighted by Gasteiger charge is 2.50. The number of hydrogen-bond acceptors (Lipinski definition) is 5. The van der Waals surface area contributed by atoms with Crippen LogP contribution >= 0.6 is 0 Å². The van der Waals surface area contributed by atoms with Gasteiger partial charge in [-0.15, -0.1) is 0 Å². The molecular formula is C19H18F2N2O5. The Bertz CT molecular complexity index is 1040. The lowest BCUT2D eigenvalue weighted by molar-refractivity contribution is -0.0852. The van der Waals surface area contributed by atoms with Crippen LogP contribution in [0.2, 0.25) is 0 Å². The van der Waals surface area contributed by atoms with E-state index in [-0.39, 0.29) is 11.1 Å². The zero-order valence-electron chi connectivity index (χ0n) is 14.8. The van der Waals surface area contributed by atoms with E-state index in [1.54, 1.807) is 18.2 Å². The van der Waals surface area contributed by atoms with E-state index < -0.39 is 47.7 Å². The lowest BCUT2D eigenvalue weighted by Gasteiger charge is -2.29. The molecule has 0 aliphatic heterocycles. The first-order valence-electron chi connectivity index (χ1n) is 8.49. The Morgan fingerprint density at radius 1 is 1.25 bits per heavy atom. The molecule has 0 fully saturated rings. The minimum Gasteiger partial charge on any atom is -0.394 e. The average molecular weight is 392 g/mol. The van der Waals surface area contributed by atoms with Gasteiger partial charge >= 0.3 is 5.69 Å². The standard InChI is InChI=1S/C19H18F2N2O5/c1-11-9-22(13-7-8-19(20,21)15(13)14(25)10-24)18(28)23(16(11)26)17(27)12-5-3-2-4-6-12/h2-9,13-15,24-25H,10H2,1H3/t13-,14+,15+/m0/s1. The first kappa shape index (κ1) is 19.8. The second-order valence-electron chi connectivity index (χ2n) is 6.61. The molecule has 148 valence electrons. The van der Waals surface area contributed by atoms with Crippen LogP contribution in [0, 0.1) is 12.8 Å². The van der Waals surface area contributed by atoms with E-state index in [0.717, 1.165) is 16.8 Å². The van der Waals surface area contributed by atoms with E-state index in [1.165, 1.54) is 19.1 Å². The second kappa shape index (κ2) is 7.25. The maximum Gasteiger partial charge on any atom is 0.338 e. The molecule has 3 rings (SSSR count). The van der Waals surface area contributed by atoms with Crippen LogP contribution in [0.15, 0.2) is 58.3 Å². The van der Waals surface area contributed by atoms with Crippen molar-refractivity contribution in [3.63, 3.8) is 0 Å². The van der Waals surface area contributed by atoms with Crippen molar-refractivity contribution in [2.45, 2.75) is 25.0 Å². The molecule has 1 aliphatic carbocycles. The highest BCUT2D eigenvalue weighted by Crippen LogP contribution is 2.43. The monoisotopic (exact) mass is 392 g/mol. The van der Waals surface area contributed by atoms with Gasteiger partial charge in [0.15, 0.2) is 0 Å². The average Bonchev–Trinajstić information content (AvgIpc) is 2.99. The first-order chi connectivity index (χ1) is 13.2. The molecular weight excluding hydrogens is 374 g/mol. The molecule has 1 aromatic carbocycles. The van der Waals surface area contributed by atoms with Crippen LogP contribution in [0.3, 0.4) is 0 Å². The van der Waals surface area contributed by atoms with Gasteiger partial charge in [-0.1, -0.05) is 24.3 Å². The Kier molecular flexibility index (Phi) is 5.14. The van der Waals surface area contributed by atoms with E-state index in [1.807, 2.05) is 0 Å². The van der Waals surface area contributed by atoms with Gasteiger partial charge in [0.1, 0.15) is 0 Å². The van der Waals surface area contributed by atoms with Gasteiger partial charge in [-0.3, -0.25) is 14.2 Å². The number of hydrogen-bond donors (Lipinski definition) is 2. The number of aliphatic hydroxyl groups is 2. The summed E-state index contributed by atoms with van der Waals surface area (Å²) in [6.45, 7) is 0.413. The molecule has 9 heteroatoms. The summed E-state index contributed by atoms with van der Waals surface area (Å²) in [5, 5.41) is 19.0. The van der Waals surface area contributed by atoms with Crippen LogP contribution in [0.4, 0.5) is 8.78 Å². The van der Waals surface area contributed by atoms with Crippen LogP contribution in [-0.2, 0) is 0 Å². The third kappa shape index (κ3) is 3.23. The maximum atomic E-state index is 14.2. The number of aryl methyl sites for hydroxylation is 1. The quantitative estimate of drug-likeness (QED) is 0.747. The third-order valence-electron chi connectivity index (χ3n) is 4.76. The molecule has 28 heavy (non-hydrogen) atoms. The van der Waals surface area contributed by atoms with E-state index in [0.29, 0.717) is 10.6 Å². The van der Waals surface area contributed by atoms with Crippen molar-refractivity contribution < 1.29 is 23.8 Å². The lowest BCUT2D eigenvalue weighted by Crippen LogP contribution is -2.48. The molecule has 3 atom stereocenters. The number of halogens is 2. The molecule has 1 heterocycles. The highest BCUT2D eigenvalue weighted by molar-refractivity contribution is 5.95. The van der Waals surface area contributed by atoms with Crippen LogP contribution in [0.5, 0.6) is 0 Å². The molecule has 0 amide bonds. The Morgan fingerprint density at radius 3 is 2.50 bits per heavy atom. The number of rotatable bonds is 4. The SMILES string of the molecule is Cc1cn([C@H]2C=CC(F)(F)[C@H]2[C@H](O)CO)c(=O)n(C(=O)c2ccccc2)c1=O. The zero-order valence-corrected chi connectivity index (χ0v) is 14.8. The molecule has 0 bridgehead atoms. The summed E-state index contributed by atoms with van der Waals surface area (Å²) in [6.07, 6.45) is 0.823. The summed E-state index contributed by atoms with van der Waals surface area (Å²) in [6, 6.07) is 6.26. The van der Waals surface area contributed by atoms with Crippen molar-refractivity contribution in [1.29, 1.82) is 0 Å². The topological polar surface area (TPSA) is 102 Å². The van der Waals surface area contributed by atoms with Gasteiger partial charge in [0, 0.05) is 17.3 Å². The van der Waals surface area contributed by atoms with Crippen LogP contribution in [-0.4, -0.2) is 43.9 Å². The van der Waals surface area contributed by atoms with Gasteiger partial charge in [0.2, 0.25) is 0 Å². The summed E-state index contributed by atoms with van der Waals surface area (Å²) in [5.41, 5.74) is -1.89. The Morgan fingerprint density at radius 2 is 1.89 bits per heavy atom. The number of aliphatic hydroxyl groups excluding tert-OH is 2. The summed E-state index contributed by atoms with van der Waals surface area (Å²) in [4.78, 5) is 38.0. The Labute approximate surface area is 157 Å². The Hall–Kier alpha value is -2.91. The van der Waals surface area contributed by atoms with Crippen molar-refractivity contribution in [2.75, 3.05) is 6.61 Å². The molecule has 1 aromatic heterocycles. The Balaban J connectivity index is 2.18. The minimum atomic E-state index is -3.48. The number of carbonyl (C=O) groups excluding carboxylic acids is 1. The molecule has 0 radical (unpaired) electrons. The van der Waals surface area contributed by atoms with Crippen molar-refractivity contribution in [3.05, 3.63) is 80.6 Å². The van der Waals surface area contributed by atoms with Crippen molar-refractivity contribution >= 4 is 5.91 Å². The number of alkyl halides is 2. The molecule has 0 saturated heterocycles. The van der Waals surface area contributed by atoms with Gasteiger partial charge in [-0.2, -0.15) is 4.57 Å². The maximum absolute atomic E-state index is 14.2. The van der Waals surface area contributed by atoms with E-state index in [2.05, 4.69) is 0 Å². The predicted molar refractivity (Wildman–Crippen MR) is 95.6 cm³/mol. The second-order valence-corrected chi connectivity index (χ2v) is 6.61. The highest BCUT2D eigenvalue weighted by atomic mass is 19.3. The zero-order chi connectivity index (χ0) is 20.6.